The summed E-state index contributed by atoms with van der Waals surface area (Å²) in [5.41, 5.74) is 7.53. The van der Waals surface area contributed by atoms with Gasteiger partial charge < -0.3 is 0 Å². The first-order chi connectivity index (χ1) is 14.4. The van der Waals surface area contributed by atoms with E-state index in [1.54, 1.807) is 36.0 Å². The van der Waals surface area contributed by atoms with Crippen LogP contribution >= 0.6 is 11.8 Å². The molecule has 154 valence electrons. The lowest BCUT2D eigenvalue weighted by Gasteiger charge is -2.07. The number of carbonyl (C=O) groups excluding carboxylic acids is 1. The van der Waals surface area contributed by atoms with Crippen molar-refractivity contribution in [3.63, 3.8) is 0 Å². The standard InChI is InChI=1S/C23H23FN4OS/c1-4-21(18-9-11-20(24)12-10-18)27-28-22(29)19-7-5-17(6-8-19)14-30-23-25-15(2)13-16(3)26-23/h5-13H,4,14H2,1-3H3,(H,28,29)/b27-21-. The van der Waals surface area contributed by atoms with Crippen LogP contribution in [0, 0.1) is 19.7 Å². The van der Waals surface area contributed by atoms with Crippen molar-refractivity contribution in [3.05, 3.63) is 88.5 Å². The Hall–Kier alpha value is -3.06. The number of hydrazone groups is 1. The molecule has 0 aliphatic heterocycles. The quantitative estimate of drug-likeness (QED) is 0.250. The predicted octanol–water partition coefficient (Wildman–Crippen LogP) is 5.07. The van der Waals surface area contributed by atoms with E-state index in [1.165, 1.54) is 12.1 Å². The lowest BCUT2D eigenvalue weighted by molar-refractivity contribution is 0.0955. The molecule has 0 atom stereocenters. The maximum atomic E-state index is 13.1. The summed E-state index contributed by atoms with van der Waals surface area (Å²) in [6.45, 7) is 5.84. The van der Waals surface area contributed by atoms with Crippen LogP contribution in [0.25, 0.3) is 0 Å². The number of carbonyl (C=O) groups is 1. The number of rotatable bonds is 7. The van der Waals surface area contributed by atoms with Gasteiger partial charge in [0.05, 0.1) is 5.71 Å². The number of nitrogens with one attached hydrogen (secondary N) is 1. The van der Waals surface area contributed by atoms with E-state index in [4.69, 9.17) is 0 Å². The van der Waals surface area contributed by atoms with E-state index in [-0.39, 0.29) is 11.7 Å². The molecular weight excluding hydrogens is 399 g/mol. The molecular formula is C23H23FN4OS. The third kappa shape index (κ3) is 5.97. The summed E-state index contributed by atoms with van der Waals surface area (Å²) >= 11 is 1.56. The average molecular weight is 423 g/mol. The molecule has 2 aromatic carbocycles. The van der Waals surface area contributed by atoms with Crippen LogP contribution in [0.15, 0.2) is 64.9 Å². The van der Waals surface area contributed by atoms with E-state index >= 15 is 0 Å². The monoisotopic (exact) mass is 422 g/mol. The Bertz CT molecular complexity index is 1030. The van der Waals surface area contributed by atoms with Gasteiger partial charge in [-0.25, -0.2) is 19.8 Å². The first-order valence-corrected chi connectivity index (χ1v) is 10.6. The molecule has 1 aromatic heterocycles. The zero-order valence-corrected chi connectivity index (χ0v) is 18.0. The van der Waals surface area contributed by atoms with E-state index < -0.39 is 0 Å². The van der Waals surface area contributed by atoms with E-state index in [0.29, 0.717) is 23.4 Å². The topological polar surface area (TPSA) is 67.2 Å². The second-order valence-electron chi connectivity index (χ2n) is 6.78. The van der Waals surface area contributed by atoms with Gasteiger partial charge in [0, 0.05) is 22.7 Å². The molecule has 0 unspecified atom stereocenters. The van der Waals surface area contributed by atoms with E-state index in [2.05, 4.69) is 20.5 Å². The van der Waals surface area contributed by atoms with Crippen LogP contribution in [0.2, 0.25) is 0 Å². The second kappa shape index (κ2) is 10.1. The van der Waals surface area contributed by atoms with Crippen LogP contribution in [0.3, 0.4) is 0 Å². The Morgan fingerprint density at radius 2 is 1.60 bits per heavy atom. The lowest BCUT2D eigenvalue weighted by atomic mass is 10.1. The Kier molecular flexibility index (Phi) is 7.30. The van der Waals surface area contributed by atoms with E-state index in [1.807, 2.05) is 39.0 Å². The molecule has 30 heavy (non-hydrogen) atoms. The number of hydrogen-bond acceptors (Lipinski definition) is 5. The normalized spacial score (nSPS) is 11.4. The van der Waals surface area contributed by atoms with Crippen LogP contribution in [0.4, 0.5) is 4.39 Å². The van der Waals surface area contributed by atoms with Gasteiger partial charge in [0.25, 0.3) is 5.91 Å². The van der Waals surface area contributed by atoms with Gasteiger partial charge in [0.2, 0.25) is 0 Å². The third-order valence-corrected chi connectivity index (χ3v) is 5.27. The molecule has 3 rings (SSSR count). The molecule has 0 spiro atoms. The minimum atomic E-state index is -0.305. The van der Waals surface area contributed by atoms with Crippen molar-refractivity contribution in [1.29, 1.82) is 0 Å². The van der Waals surface area contributed by atoms with Gasteiger partial charge in [-0.3, -0.25) is 4.79 Å². The van der Waals surface area contributed by atoms with Gasteiger partial charge in [0.1, 0.15) is 5.82 Å². The molecule has 0 saturated heterocycles. The molecule has 0 radical (unpaired) electrons. The van der Waals surface area contributed by atoms with Crippen molar-refractivity contribution in [3.8, 4) is 0 Å². The van der Waals surface area contributed by atoms with Crippen LogP contribution in [0.1, 0.15) is 46.2 Å². The van der Waals surface area contributed by atoms with Crippen molar-refractivity contribution in [2.75, 3.05) is 0 Å². The summed E-state index contributed by atoms with van der Waals surface area (Å²) in [4.78, 5) is 21.3. The number of aromatic nitrogens is 2. The molecule has 0 aliphatic rings. The molecule has 0 bridgehead atoms. The third-order valence-electron chi connectivity index (χ3n) is 4.35. The number of halogens is 1. The van der Waals surface area contributed by atoms with Crippen molar-refractivity contribution in [1.82, 2.24) is 15.4 Å². The Balaban J connectivity index is 1.60. The van der Waals surface area contributed by atoms with Crippen LogP contribution < -0.4 is 5.43 Å². The summed E-state index contributed by atoms with van der Waals surface area (Å²) < 4.78 is 13.1. The lowest BCUT2D eigenvalue weighted by Crippen LogP contribution is -2.20. The Morgan fingerprint density at radius 3 is 2.20 bits per heavy atom. The molecule has 1 amide bonds. The van der Waals surface area contributed by atoms with Crippen molar-refractivity contribution in [2.45, 2.75) is 38.1 Å². The summed E-state index contributed by atoms with van der Waals surface area (Å²) in [6.07, 6.45) is 0.614. The minimum Gasteiger partial charge on any atom is -0.267 e. The molecule has 0 saturated carbocycles. The fourth-order valence-corrected chi connectivity index (χ4v) is 3.74. The number of benzene rings is 2. The van der Waals surface area contributed by atoms with Crippen molar-refractivity contribution in [2.24, 2.45) is 5.10 Å². The van der Waals surface area contributed by atoms with Gasteiger partial charge in [-0.15, -0.1) is 0 Å². The summed E-state index contributed by atoms with van der Waals surface area (Å²) in [5, 5.41) is 4.95. The number of nitrogens with zero attached hydrogens (tertiary/aromatic N) is 3. The van der Waals surface area contributed by atoms with Gasteiger partial charge >= 0.3 is 0 Å². The molecule has 0 aliphatic carbocycles. The van der Waals surface area contributed by atoms with Crippen LogP contribution in [0.5, 0.6) is 0 Å². The highest BCUT2D eigenvalue weighted by Gasteiger charge is 2.08. The zero-order chi connectivity index (χ0) is 21.5. The van der Waals surface area contributed by atoms with E-state index in [0.717, 1.165) is 27.7 Å². The number of thioether (sulfide) groups is 1. The number of hydrogen-bond donors (Lipinski definition) is 1. The van der Waals surface area contributed by atoms with Crippen LogP contribution in [-0.4, -0.2) is 21.6 Å². The first kappa shape index (κ1) is 21.6. The SMILES string of the molecule is CC/C(=N/NC(=O)c1ccc(CSc2nc(C)cc(C)n2)cc1)c1ccc(F)cc1. The fourth-order valence-electron chi connectivity index (χ4n) is 2.83. The predicted molar refractivity (Wildman–Crippen MR) is 118 cm³/mol. The number of aryl methyl sites for hydroxylation is 2. The Labute approximate surface area is 179 Å². The summed E-state index contributed by atoms with van der Waals surface area (Å²) in [7, 11) is 0. The van der Waals surface area contributed by atoms with Crippen LogP contribution in [-0.2, 0) is 5.75 Å². The molecule has 3 aromatic rings. The fraction of sp³-hybridized carbons (Fsp3) is 0.217. The highest BCUT2D eigenvalue weighted by molar-refractivity contribution is 7.98. The zero-order valence-electron chi connectivity index (χ0n) is 17.1. The molecule has 5 nitrogen and oxygen atoms in total. The average Bonchev–Trinajstić information content (AvgIpc) is 2.73. The highest BCUT2D eigenvalue weighted by atomic mass is 32.2. The molecule has 0 fully saturated rings. The van der Waals surface area contributed by atoms with E-state index in [9.17, 15) is 9.18 Å². The molecule has 1 heterocycles. The summed E-state index contributed by atoms with van der Waals surface area (Å²) in [6, 6.07) is 15.4. The van der Waals surface area contributed by atoms with Gasteiger partial charge in [-0.05, 0) is 61.7 Å². The number of amides is 1. The first-order valence-electron chi connectivity index (χ1n) is 9.61. The highest BCUT2D eigenvalue weighted by Crippen LogP contribution is 2.20. The van der Waals surface area contributed by atoms with Crippen molar-refractivity contribution < 1.29 is 9.18 Å². The maximum absolute atomic E-state index is 13.1. The minimum absolute atomic E-state index is 0.292. The smallest absolute Gasteiger partial charge is 0.267 e. The second-order valence-corrected chi connectivity index (χ2v) is 7.72. The molecule has 7 heteroatoms. The summed E-state index contributed by atoms with van der Waals surface area (Å²) in [5.74, 6) is 0.119. The van der Waals surface area contributed by atoms with Gasteiger partial charge in [-0.2, -0.15) is 5.10 Å². The van der Waals surface area contributed by atoms with Gasteiger partial charge in [-0.1, -0.05) is 43.0 Å². The molecule has 1 N–H and O–H groups in total. The largest absolute Gasteiger partial charge is 0.271 e. The Morgan fingerprint density at radius 1 is 1.00 bits per heavy atom. The van der Waals surface area contributed by atoms with Crippen molar-refractivity contribution >= 4 is 23.4 Å². The maximum Gasteiger partial charge on any atom is 0.271 e. The van der Waals surface area contributed by atoms with Gasteiger partial charge in [0.15, 0.2) is 5.16 Å².